The van der Waals surface area contributed by atoms with Crippen LogP contribution in [0.3, 0.4) is 0 Å². The van der Waals surface area contributed by atoms with Crippen molar-refractivity contribution in [1.29, 1.82) is 0 Å². The molecule has 214 valence electrons. The summed E-state index contributed by atoms with van der Waals surface area (Å²) in [5, 5.41) is 26.3. The molecule has 6 rings (SSSR count). The largest absolute Gasteiger partial charge is 0.504 e. The molecule has 3 aliphatic rings. The first-order valence-corrected chi connectivity index (χ1v) is 15.0. The Morgan fingerprint density at radius 2 is 1.61 bits per heavy atom. The molecule has 1 saturated carbocycles. The van der Waals surface area contributed by atoms with Crippen LogP contribution in [0.4, 0.5) is 0 Å². The fourth-order valence-corrected chi connectivity index (χ4v) is 7.67. The smallest absolute Gasteiger partial charge is 0.200 e. The third-order valence-electron chi connectivity index (χ3n) is 8.77. The Morgan fingerprint density at radius 3 is 2.24 bits per heavy atom. The maximum atomic E-state index is 11.2. The zero-order valence-electron chi connectivity index (χ0n) is 23.5. The van der Waals surface area contributed by atoms with Gasteiger partial charge in [-0.15, -0.1) is 6.58 Å². The van der Waals surface area contributed by atoms with Gasteiger partial charge in [0.25, 0.3) is 0 Å². The van der Waals surface area contributed by atoms with Crippen molar-refractivity contribution in [2.24, 2.45) is 22.7 Å². The molecule has 0 amide bonds. The van der Waals surface area contributed by atoms with Crippen LogP contribution in [-0.4, -0.2) is 41.1 Å². The molecule has 1 spiro atoms. The highest BCUT2D eigenvalue weighted by molar-refractivity contribution is 8.13. The normalized spacial score (nSPS) is 28.1. The number of aromatic hydroxyl groups is 2. The highest BCUT2D eigenvalue weighted by atomic mass is 32.2. The second kappa shape index (κ2) is 10.9. The molecule has 1 aliphatic carbocycles. The number of thioether (sulfide) groups is 1. The lowest BCUT2D eigenvalue weighted by atomic mass is 9.58. The summed E-state index contributed by atoms with van der Waals surface area (Å²) in [7, 11) is 3.33. The number of aliphatic imine (C=N–C) groups is 1. The van der Waals surface area contributed by atoms with Crippen LogP contribution in [-0.2, 0) is 0 Å². The maximum absolute atomic E-state index is 11.2. The van der Waals surface area contributed by atoms with Gasteiger partial charge < -0.3 is 29.7 Å². The Balaban J connectivity index is 1.56. The number of phenols is 2. The molecule has 6 atom stereocenters. The SMILES string of the molecule is C=CCSC1=N[C@H](c2ccc(OC)cc2)[C@@H]2C[C@H](C)C[C@@H]3[C@@H](c4ccc(OC)cc4)c4ccc(O)c(O)c4O[C@]32N1. The molecular weight excluding hydrogens is 536 g/mol. The summed E-state index contributed by atoms with van der Waals surface area (Å²) in [4.78, 5) is 5.24. The summed E-state index contributed by atoms with van der Waals surface area (Å²) < 4.78 is 17.9. The van der Waals surface area contributed by atoms with Crippen molar-refractivity contribution >= 4 is 16.9 Å². The van der Waals surface area contributed by atoms with Gasteiger partial charge in [0.05, 0.1) is 20.3 Å². The van der Waals surface area contributed by atoms with Gasteiger partial charge >= 0.3 is 0 Å². The molecule has 2 heterocycles. The van der Waals surface area contributed by atoms with Crippen LogP contribution >= 0.6 is 11.8 Å². The number of hydrogen-bond donors (Lipinski definition) is 3. The zero-order chi connectivity index (χ0) is 28.7. The summed E-state index contributed by atoms with van der Waals surface area (Å²) in [5.41, 5.74) is 2.16. The number of benzene rings is 3. The summed E-state index contributed by atoms with van der Waals surface area (Å²) in [6, 6.07) is 19.5. The monoisotopic (exact) mass is 572 g/mol. The Labute approximate surface area is 245 Å². The summed E-state index contributed by atoms with van der Waals surface area (Å²) >= 11 is 1.59. The Morgan fingerprint density at radius 1 is 0.976 bits per heavy atom. The van der Waals surface area contributed by atoms with Crippen molar-refractivity contribution in [2.75, 3.05) is 20.0 Å². The van der Waals surface area contributed by atoms with E-state index in [9.17, 15) is 10.2 Å². The number of methoxy groups -OCH3 is 2. The average Bonchev–Trinajstić information content (AvgIpc) is 3.00. The van der Waals surface area contributed by atoms with Crippen molar-refractivity contribution in [1.82, 2.24) is 5.32 Å². The Hall–Kier alpha value is -3.78. The van der Waals surface area contributed by atoms with Gasteiger partial charge in [-0.25, -0.2) is 0 Å². The third kappa shape index (κ3) is 4.68. The minimum absolute atomic E-state index is 0.0108. The zero-order valence-corrected chi connectivity index (χ0v) is 24.4. The quantitative estimate of drug-likeness (QED) is 0.226. The molecule has 0 aromatic heterocycles. The van der Waals surface area contributed by atoms with Gasteiger partial charge in [0.2, 0.25) is 5.75 Å². The molecule has 0 unspecified atom stereocenters. The van der Waals surface area contributed by atoms with E-state index in [1.807, 2.05) is 36.4 Å². The number of nitrogens with zero attached hydrogens (tertiary/aromatic N) is 1. The Bertz CT molecular complexity index is 1460. The molecule has 3 aromatic carbocycles. The average molecular weight is 573 g/mol. The van der Waals surface area contributed by atoms with Gasteiger partial charge in [0, 0.05) is 29.1 Å². The lowest BCUT2D eigenvalue weighted by molar-refractivity contribution is -0.127. The lowest BCUT2D eigenvalue weighted by Crippen LogP contribution is -2.70. The van der Waals surface area contributed by atoms with Crippen molar-refractivity contribution in [2.45, 2.75) is 37.5 Å². The number of amidine groups is 1. The van der Waals surface area contributed by atoms with Crippen LogP contribution in [0, 0.1) is 17.8 Å². The molecule has 41 heavy (non-hydrogen) atoms. The number of nitrogens with one attached hydrogen (secondary N) is 1. The predicted octanol–water partition coefficient (Wildman–Crippen LogP) is 6.62. The van der Waals surface area contributed by atoms with Crippen LogP contribution < -0.4 is 19.5 Å². The predicted molar refractivity (Wildman–Crippen MR) is 162 cm³/mol. The number of fused-ring (bicyclic) bond motifs is 1. The number of hydrogen-bond acceptors (Lipinski definition) is 8. The van der Waals surface area contributed by atoms with E-state index in [-0.39, 0.29) is 35.3 Å². The van der Waals surface area contributed by atoms with Gasteiger partial charge in [-0.1, -0.05) is 55.1 Å². The third-order valence-corrected chi connectivity index (χ3v) is 9.66. The van der Waals surface area contributed by atoms with Crippen molar-refractivity contribution < 1.29 is 24.4 Å². The van der Waals surface area contributed by atoms with E-state index < -0.39 is 5.72 Å². The highest BCUT2D eigenvalue weighted by Gasteiger charge is 2.62. The van der Waals surface area contributed by atoms with E-state index in [4.69, 9.17) is 19.2 Å². The number of ether oxygens (including phenoxy) is 3. The fourth-order valence-electron chi connectivity index (χ4n) is 6.97. The highest BCUT2D eigenvalue weighted by Crippen LogP contribution is 2.61. The topological polar surface area (TPSA) is 92.5 Å². The molecule has 2 aliphatic heterocycles. The molecule has 3 aromatic rings. The van der Waals surface area contributed by atoms with E-state index in [1.165, 1.54) is 0 Å². The van der Waals surface area contributed by atoms with Crippen molar-refractivity contribution in [3.05, 3.63) is 90.0 Å². The minimum atomic E-state index is -0.884. The second-order valence-corrected chi connectivity index (χ2v) is 12.2. The van der Waals surface area contributed by atoms with E-state index in [0.29, 0.717) is 17.4 Å². The van der Waals surface area contributed by atoms with E-state index >= 15 is 0 Å². The van der Waals surface area contributed by atoms with Crippen LogP contribution in [0.15, 0.2) is 78.3 Å². The van der Waals surface area contributed by atoms with Gasteiger partial charge in [-0.05, 0) is 60.2 Å². The molecule has 0 radical (unpaired) electrons. The first-order valence-electron chi connectivity index (χ1n) is 14.0. The summed E-state index contributed by atoms with van der Waals surface area (Å²) in [6.45, 7) is 6.21. The van der Waals surface area contributed by atoms with Gasteiger partial charge in [0.15, 0.2) is 22.4 Å². The summed E-state index contributed by atoms with van der Waals surface area (Å²) in [5.74, 6) is 2.41. The van der Waals surface area contributed by atoms with Gasteiger partial charge in [-0.3, -0.25) is 4.99 Å². The fraction of sp³-hybridized carbons (Fsp3) is 0.364. The maximum Gasteiger partial charge on any atom is 0.200 e. The first kappa shape index (κ1) is 27.4. The molecule has 8 heteroatoms. The van der Waals surface area contributed by atoms with Crippen LogP contribution in [0.25, 0.3) is 0 Å². The van der Waals surface area contributed by atoms with E-state index in [1.54, 1.807) is 32.0 Å². The first-order chi connectivity index (χ1) is 19.9. The molecule has 3 N–H and O–H groups in total. The number of rotatable bonds is 6. The van der Waals surface area contributed by atoms with Crippen molar-refractivity contribution in [3.8, 4) is 28.7 Å². The molecular formula is C33H36N2O5S. The molecule has 7 nitrogen and oxygen atoms in total. The van der Waals surface area contributed by atoms with Crippen LogP contribution in [0.1, 0.15) is 48.4 Å². The number of phenolic OH excluding ortho intramolecular Hbond substituents is 2. The summed E-state index contributed by atoms with van der Waals surface area (Å²) in [6.07, 6.45) is 3.66. The second-order valence-electron chi connectivity index (χ2n) is 11.2. The van der Waals surface area contributed by atoms with Crippen LogP contribution in [0.5, 0.6) is 28.7 Å². The Kier molecular flexibility index (Phi) is 7.28. The van der Waals surface area contributed by atoms with Gasteiger partial charge in [-0.2, -0.15) is 0 Å². The minimum Gasteiger partial charge on any atom is -0.504 e. The standard InChI is InChI=1S/C33H36N2O5S/c1-5-16-41-32-34-29(21-8-12-23(39-4)13-9-21)26-18-19(2)17-25-28(20-6-10-22(38-3)11-7-20)24-14-15-27(36)30(37)31(24)40-33(25,26)35-32/h5-15,19,25-26,28-29,36-37H,1,16-18H2,2-4H3,(H,34,35)/t19-,25-,26+,28+,29-,33-/m1/s1. The van der Waals surface area contributed by atoms with E-state index in [2.05, 4.69) is 43.1 Å². The van der Waals surface area contributed by atoms with Crippen LogP contribution in [0.2, 0.25) is 0 Å². The van der Waals surface area contributed by atoms with E-state index in [0.717, 1.165) is 46.2 Å². The molecule has 1 fully saturated rings. The van der Waals surface area contributed by atoms with Crippen molar-refractivity contribution in [3.63, 3.8) is 0 Å². The lowest BCUT2D eigenvalue weighted by Gasteiger charge is -2.59. The molecule has 0 bridgehead atoms. The molecule has 0 saturated heterocycles. The van der Waals surface area contributed by atoms with Gasteiger partial charge in [0.1, 0.15) is 11.5 Å².